The summed E-state index contributed by atoms with van der Waals surface area (Å²) in [5.41, 5.74) is -3.68. The first-order valence-electron chi connectivity index (χ1n) is 5.61. The van der Waals surface area contributed by atoms with Crippen molar-refractivity contribution in [2.24, 2.45) is 0 Å². The molecule has 0 aliphatic heterocycles. The summed E-state index contributed by atoms with van der Waals surface area (Å²) in [5.74, 6) is 0. The molecular formula is C13H10BrF3OS2. The summed E-state index contributed by atoms with van der Waals surface area (Å²) in [7, 11) is 0. The minimum Gasteiger partial charge on any atom is -0.388 e. The Labute approximate surface area is 131 Å². The fourth-order valence-corrected chi connectivity index (χ4v) is 3.72. The molecule has 2 rings (SSSR count). The fraction of sp³-hybridized carbons (Fsp3) is 0.231. The van der Waals surface area contributed by atoms with E-state index in [0.717, 1.165) is 8.66 Å². The second-order valence-corrected chi connectivity index (χ2v) is 7.73. The van der Waals surface area contributed by atoms with Crippen molar-refractivity contribution in [3.05, 3.63) is 50.6 Å². The summed E-state index contributed by atoms with van der Waals surface area (Å²) in [5, 5.41) is 10.1. The number of alkyl halides is 3. The highest BCUT2D eigenvalue weighted by atomic mass is 79.9. The highest BCUT2D eigenvalue weighted by Gasteiger charge is 2.29. The van der Waals surface area contributed by atoms with E-state index in [0.29, 0.717) is 12.0 Å². The Morgan fingerprint density at radius 3 is 2.30 bits per heavy atom. The third-order valence-electron chi connectivity index (χ3n) is 2.52. The Balaban J connectivity index is 2.02. The number of rotatable bonds is 4. The van der Waals surface area contributed by atoms with Crippen molar-refractivity contribution in [2.45, 2.75) is 22.9 Å². The molecule has 1 atom stereocenters. The first-order valence-corrected chi connectivity index (χ1v) is 8.04. The van der Waals surface area contributed by atoms with Crippen LogP contribution in [0.3, 0.4) is 0 Å². The van der Waals surface area contributed by atoms with Gasteiger partial charge in [-0.2, -0.15) is 13.2 Å². The summed E-state index contributed by atoms with van der Waals surface area (Å²) in [6.45, 7) is 0. The molecule has 0 amide bonds. The van der Waals surface area contributed by atoms with E-state index in [1.54, 1.807) is 0 Å². The molecule has 0 saturated carbocycles. The molecule has 0 radical (unpaired) electrons. The number of thioether (sulfide) groups is 1. The lowest BCUT2D eigenvalue weighted by Gasteiger charge is -2.11. The minimum atomic E-state index is -4.29. The smallest absolute Gasteiger partial charge is 0.388 e. The van der Waals surface area contributed by atoms with E-state index in [1.807, 2.05) is 12.1 Å². The second-order valence-electron chi connectivity index (χ2n) is 4.04. The number of hydrogen-bond acceptors (Lipinski definition) is 3. The summed E-state index contributed by atoms with van der Waals surface area (Å²) >= 11 is 4.71. The molecule has 1 unspecified atom stereocenters. The topological polar surface area (TPSA) is 20.2 Å². The third-order valence-corrected chi connectivity index (χ3v) is 4.91. The van der Waals surface area contributed by atoms with Crippen molar-refractivity contribution in [1.29, 1.82) is 0 Å². The van der Waals surface area contributed by atoms with Crippen molar-refractivity contribution in [2.75, 3.05) is 0 Å². The van der Waals surface area contributed by atoms with Gasteiger partial charge in [0, 0.05) is 16.2 Å². The maximum atomic E-state index is 12.2. The van der Waals surface area contributed by atoms with Crippen LogP contribution < -0.4 is 0 Å². The van der Waals surface area contributed by atoms with Crippen LogP contribution in [-0.2, 0) is 6.42 Å². The molecule has 108 valence electrons. The van der Waals surface area contributed by atoms with E-state index >= 15 is 0 Å². The molecule has 7 heteroatoms. The molecular weight excluding hydrogens is 373 g/mol. The van der Waals surface area contributed by atoms with E-state index in [2.05, 4.69) is 15.9 Å². The first kappa shape index (κ1) is 15.9. The van der Waals surface area contributed by atoms with Crippen LogP contribution in [0.1, 0.15) is 16.5 Å². The van der Waals surface area contributed by atoms with Gasteiger partial charge in [0.1, 0.15) is 0 Å². The number of hydrogen-bond donors (Lipinski definition) is 1. The van der Waals surface area contributed by atoms with Crippen LogP contribution >= 0.6 is 39.0 Å². The Kier molecular flexibility index (Phi) is 5.17. The zero-order chi connectivity index (χ0) is 14.8. The first-order chi connectivity index (χ1) is 9.33. The molecule has 1 aromatic heterocycles. The molecule has 0 bridgehead atoms. The number of thiophene rings is 1. The van der Waals surface area contributed by atoms with E-state index in [1.165, 1.54) is 35.6 Å². The normalized spacial score (nSPS) is 13.4. The molecule has 1 nitrogen and oxygen atoms in total. The van der Waals surface area contributed by atoms with Gasteiger partial charge in [0.15, 0.2) is 0 Å². The van der Waals surface area contributed by atoms with Crippen LogP contribution in [0.2, 0.25) is 0 Å². The quantitative estimate of drug-likeness (QED) is 0.714. The lowest BCUT2D eigenvalue weighted by Crippen LogP contribution is -2.01. The van der Waals surface area contributed by atoms with Crippen LogP contribution in [0.15, 0.2) is 45.1 Å². The summed E-state index contributed by atoms with van der Waals surface area (Å²) < 4.78 is 37.6. The summed E-state index contributed by atoms with van der Waals surface area (Å²) in [6, 6.07) is 9.62. The number of aliphatic hydroxyl groups is 1. The lowest BCUT2D eigenvalue weighted by atomic mass is 10.1. The van der Waals surface area contributed by atoms with Crippen LogP contribution in [0.25, 0.3) is 0 Å². The van der Waals surface area contributed by atoms with E-state index in [4.69, 9.17) is 0 Å². The fourth-order valence-electron chi connectivity index (χ4n) is 1.66. The SMILES string of the molecule is OC(Cc1ccc(Br)s1)c1ccc(SC(F)(F)F)cc1. The van der Waals surface area contributed by atoms with Gasteiger partial charge in [-0.1, -0.05) is 12.1 Å². The molecule has 0 fully saturated rings. The van der Waals surface area contributed by atoms with Crippen molar-refractivity contribution >= 4 is 39.0 Å². The summed E-state index contributed by atoms with van der Waals surface area (Å²) in [4.78, 5) is 1.13. The van der Waals surface area contributed by atoms with Gasteiger partial charge in [-0.25, -0.2) is 0 Å². The van der Waals surface area contributed by atoms with Gasteiger partial charge in [-0.05, 0) is 57.5 Å². The van der Waals surface area contributed by atoms with E-state index in [-0.39, 0.29) is 16.7 Å². The molecule has 0 spiro atoms. The highest BCUT2D eigenvalue weighted by molar-refractivity contribution is 9.11. The molecule has 20 heavy (non-hydrogen) atoms. The zero-order valence-corrected chi connectivity index (χ0v) is 13.2. The maximum absolute atomic E-state index is 12.2. The maximum Gasteiger partial charge on any atom is 0.446 e. The second kappa shape index (κ2) is 6.51. The molecule has 1 heterocycles. The van der Waals surface area contributed by atoms with Crippen molar-refractivity contribution in [3.63, 3.8) is 0 Å². The van der Waals surface area contributed by atoms with Gasteiger partial charge < -0.3 is 5.11 Å². The van der Waals surface area contributed by atoms with Crippen LogP contribution in [0, 0.1) is 0 Å². The van der Waals surface area contributed by atoms with Gasteiger partial charge in [-0.3, -0.25) is 0 Å². The molecule has 1 aromatic carbocycles. The predicted molar refractivity (Wildman–Crippen MR) is 79.0 cm³/mol. The summed E-state index contributed by atoms with van der Waals surface area (Å²) in [6.07, 6.45) is -0.271. The zero-order valence-electron chi connectivity index (χ0n) is 10.0. The Bertz CT molecular complexity index is 566. The van der Waals surface area contributed by atoms with Gasteiger partial charge in [0.2, 0.25) is 0 Å². The van der Waals surface area contributed by atoms with Crippen molar-refractivity contribution < 1.29 is 18.3 Å². The average molecular weight is 383 g/mol. The van der Waals surface area contributed by atoms with E-state index < -0.39 is 11.6 Å². The number of halogens is 4. The van der Waals surface area contributed by atoms with Crippen LogP contribution in [-0.4, -0.2) is 10.6 Å². The largest absolute Gasteiger partial charge is 0.446 e. The number of benzene rings is 1. The van der Waals surface area contributed by atoms with Crippen LogP contribution in [0.5, 0.6) is 0 Å². The Morgan fingerprint density at radius 2 is 1.80 bits per heavy atom. The molecule has 1 N–H and O–H groups in total. The average Bonchev–Trinajstić information content (AvgIpc) is 2.73. The lowest BCUT2D eigenvalue weighted by molar-refractivity contribution is -0.0328. The van der Waals surface area contributed by atoms with Gasteiger partial charge >= 0.3 is 5.51 Å². The van der Waals surface area contributed by atoms with Gasteiger partial charge in [0.05, 0.1) is 9.89 Å². The molecule has 0 saturated heterocycles. The van der Waals surface area contributed by atoms with Crippen molar-refractivity contribution in [3.8, 4) is 0 Å². The molecule has 2 aromatic rings. The Morgan fingerprint density at radius 1 is 1.15 bits per heavy atom. The molecule has 0 aliphatic carbocycles. The van der Waals surface area contributed by atoms with E-state index in [9.17, 15) is 18.3 Å². The predicted octanol–water partition coefficient (Wildman–Crippen LogP) is 5.40. The standard InChI is InChI=1S/C13H10BrF3OS2/c14-12-6-5-10(19-12)7-11(18)8-1-3-9(4-2-8)20-13(15,16)17/h1-6,11,18H,7H2. The van der Waals surface area contributed by atoms with Gasteiger partial charge in [0.25, 0.3) is 0 Å². The monoisotopic (exact) mass is 382 g/mol. The van der Waals surface area contributed by atoms with Gasteiger partial charge in [-0.15, -0.1) is 11.3 Å². The third kappa shape index (κ3) is 4.80. The number of aliphatic hydroxyl groups excluding tert-OH is 1. The van der Waals surface area contributed by atoms with Crippen molar-refractivity contribution in [1.82, 2.24) is 0 Å². The van der Waals surface area contributed by atoms with Crippen LogP contribution in [0.4, 0.5) is 13.2 Å². The molecule has 0 aliphatic rings. The Hall–Kier alpha value is -0.500. The highest BCUT2D eigenvalue weighted by Crippen LogP contribution is 2.37. The minimum absolute atomic E-state index is 0.118.